The van der Waals surface area contributed by atoms with E-state index in [-0.39, 0.29) is 22.2 Å². The topological polar surface area (TPSA) is 0 Å². The summed E-state index contributed by atoms with van der Waals surface area (Å²) in [5.41, 5.74) is 2.66. The zero-order valence-corrected chi connectivity index (χ0v) is 30.3. The number of benzene rings is 4. The summed E-state index contributed by atoms with van der Waals surface area (Å²) in [7, 11) is 0.225. The highest BCUT2D eigenvalue weighted by molar-refractivity contribution is 8.78. The van der Waals surface area contributed by atoms with E-state index in [4.69, 9.17) is 0 Å². The van der Waals surface area contributed by atoms with Crippen molar-refractivity contribution in [1.29, 1.82) is 0 Å². The van der Waals surface area contributed by atoms with E-state index in [1.807, 2.05) is 0 Å². The summed E-state index contributed by atoms with van der Waals surface area (Å²) in [6.07, 6.45) is 22.8. The molecule has 1 saturated heterocycles. The molecule has 0 bridgehead atoms. The van der Waals surface area contributed by atoms with E-state index in [1.54, 1.807) is 15.9 Å². The van der Waals surface area contributed by atoms with Crippen molar-refractivity contribution in [3.63, 3.8) is 0 Å². The molecule has 0 amide bonds. The van der Waals surface area contributed by atoms with E-state index in [2.05, 4.69) is 115 Å². The zero-order valence-electron chi connectivity index (χ0n) is 26.6. The normalized spacial score (nSPS) is 22.7. The molecule has 232 valence electrons. The van der Waals surface area contributed by atoms with Gasteiger partial charge in [-0.25, -0.2) is 0 Å². The van der Waals surface area contributed by atoms with Crippen molar-refractivity contribution < 1.29 is 0 Å². The monoisotopic (exact) mass is 656 g/mol. The van der Waals surface area contributed by atoms with Gasteiger partial charge in [0.15, 0.2) is 0 Å². The Balaban J connectivity index is 1.47. The maximum absolute atomic E-state index is 2.52. The minimum Gasteiger partial charge on any atom is -0.0862 e. The minimum absolute atomic E-state index is 0.237. The Hall–Kier alpha value is -1.40. The van der Waals surface area contributed by atoms with Crippen LogP contribution in [-0.2, 0) is 0 Å². The van der Waals surface area contributed by atoms with Crippen LogP contribution in [0.25, 0.3) is 11.1 Å². The highest BCUT2D eigenvalue weighted by Gasteiger charge is 2.32. The lowest BCUT2D eigenvalue weighted by Gasteiger charge is -2.36. The first kappa shape index (κ1) is 33.9. The zero-order chi connectivity index (χ0) is 30.1. The minimum atomic E-state index is -0.306. The fourth-order valence-electron chi connectivity index (χ4n) is 6.24. The summed E-state index contributed by atoms with van der Waals surface area (Å²) in [6, 6.07) is 44.4. The second kappa shape index (κ2) is 20.0. The van der Waals surface area contributed by atoms with Crippen LogP contribution in [0.3, 0.4) is 0 Å². The summed E-state index contributed by atoms with van der Waals surface area (Å²) in [6.45, 7) is 0. The first-order valence-electron chi connectivity index (χ1n) is 17.3. The molecule has 0 radical (unpaired) electrons. The lowest BCUT2D eigenvalue weighted by atomic mass is 10.0. The van der Waals surface area contributed by atoms with Gasteiger partial charge in [0.1, 0.15) is 0 Å². The lowest BCUT2D eigenvalue weighted by molar-refractivity contribution is 0.539. The van der Waals surface area contributed by atoms with Crippen molar-refractivity contribution in [2.24, 2.45) is 0 Å². The van der Waals surface area contributed by atoms with Crippen molar-refractivity contribution >= 4 is 46.4 Å². The van der Waals surface area contributed by atoms with Crippen LogP contribution in [0, 0.1) is 0 Å². The fourth-order valence-corrected chi connectivity index (χ4v) is 31.7. The molecule has 1 fully saturated rings. The second-order valence-electron chi connectivity index (χ2n) is 12.2. The van der Waals surface area contributed by atoms with Gasteiger partial charge in [0, 0.05) is 0 Å². The lowest BCUT2D eigenvalue weighted by Crippen LogP contribution is -2.10. The number of rotatable bonds is 4. The van der Waals surface area contributed by atoms with Crippen molar-refractivity contribution in [2.45, 2.75) is 89.9 Å². The standard InChI is InChI=1S/C40H52P4/c1-2-4-6-8-10-12-23-35-42(38-32-30-37(31-33-38)36-24-16-13-17-25-36)44(40-28-20-15-21-29-40)43(39-26-18-14-19-27-39)41-34-22-11-9-7-5-3-1/h13-21,24-33,41H,1-12,22-23,34-35H2. The molecule has 0 aromatic heterocycles. The molecule has 4 unspecified atom stereocenters. The van der Waals surface area contributed by atoms with E-state index < -0.39 is 0 Å². The molecule has 0 N–H and O–H groups in total. The predicted octanol–water partition coefficient (Wildman–Crippen LogP) is 13.0. The van der Waals surface area contributed by atoms with Crippen molar-refractivity contribution in [3.05, 3.63) is 115 Å². The van der Waals surface area contributed by atoms with Crippen LogP contribution < -0.4 is 15.9 Å². The Labute approximate surface area is 274 Å². The summed E-state index contributed by atoms with van der Waals surface area (Å²) < 4.78 is 0. The largest absolute Gasteiger partial charge is 0.0862 e. The first-order chi connectivity index (χ1) is 21.9. The molecular formula is C40H52P4. The third-order valence-corrected chi connectivity index (χ3v) is 30.0. The first-order valence-corrected chi connectivity index (χ1v) is 24.9. The van der Waals surface area contributed by atoms with Gasteiger partial charge in [-0.3, -0.25) is 0 Å². The average molecular weight is 657 g/mol. The smallest absolute Gasteiger partial charge is 0.0117 e. The van der Waals surface area contributed by atoms with Crippen LogP contribution in [0.4, 0.5) is 0 Å². The van der Waals surface area contributed by atoms with Gasteiger partial charge in [0.2, 0.25) is 0 Å². The van der Waals surface area contributed by atoms with Crippen molar-refractivity contribution in [1.82, 2.24) is 0 Å². The molecule has 0 aliphatic carbocycles. The molecule has 4 aromatic carbocycles. The Bertz CT molecular complexity index is 1290. The molecule has 1 aliphatic heterocycles. The Morgan fingerprint density at radius 2 is 0.795 bits per heavy atom. The third-order valence-electron chi connectivity index (χ3n) is 8.74. The quantitative estimate of drug-likeness (QED) is 0.192. The molecule has 0 saturated carbocycles. The van der Waals surface area contributed by atoms with E-state index >= 15 is 0 Å². The molecule has 1 aliphatic rings. The van der Waals surface area contributed by atoms with Crippen molar-refractivity contribution in [2.75, 3.05) is 12.3 Å². The van der Waals surface area contributed by atoms with Gasteiger partial charge in [0.25, 0.3) is 0 Å². The highest BCUT2D eigenvalue weighted by Crippen LogP contribution is 2.90. The van der Waals surface area contributed by atoms with Gasteiger partial charge in [0.05, 0.1) is 0 Å². The van der Waals surface area contributed by atoms with Gasteiger partial charge in [-0.2, -0.15) is 0 Å². The van der Waals surface area contributed by atoms with Crippen LogP contribution >= 0.6 is 30.5 Å². The van der Waals surface area contributed by atoms with E-state index in [0.29, 0.717) is 0 Å². The fraction of sp³-hybridized carbons (Fsp3) is 0.400. The molecule has 4 aromatic rings. The Kier molecular flexibility index (Phi) is 15.4. The second-order valence-corrected chi connectivity index (χ2v) is 26.4. The number of hydrogen-bond acceptors (Lipinski definition) is 0. The molecule has 4 atom stereocenters. The van der Waals surface area contributed by atoms with E-state index in [1.165, 1.54) is 113 Å². The van der Waals surface area contributed by atoms with Crippen LogP contribution in [0.2, 0.25) is 0 Å². The Morgan fingerprint density at radius 3 is 1.34 bits per heavy atom. The SMILES string of the molecule is c1ccc(-c2ccc(P3CCCCCCCCCCCCCCCCPP(c4ccccc4)P3c3ccccc3)cc2)cc1. The van der Waals surface area contributed by atoms with Crippen LogP contribution in [0.5, 0.6) is 0 Å². The molecule has 0 spiro atoms. The van der Waals surface area contributed by atoms with Crippen LogP contribution in [-0.4, -0.2) is 12.3 Å². The molecule has 0 nitrogen and oxygen atoms in total. The summed E-state index contributed by atoms with van der Waals surface area (Å²) in [5.74, 6) is 0. The van der Waals surface area contributed by atoms with Crippen LogP contribution in [0.1, 0.15) is 89.9 Å². The molecule has 4 heteroatoms. The predicted molar refractivity (Wildman–Crippen MR) is 207 cm³/mol. The third kappa shape index (κ3) is 10.9. The van der Waals surface area contributed by atoms with Gasteiger partial charge in [-0.05, 0) is 74.4 Å². The Morgan fingerprint density at radius 1 is 0.364 bits per heavy atom. The molecule has 5 rings (SSSR count). The van der Waals surface area contributed by atoms with Gasteiger partial charge >= 0.3 is 0 Å². The average Bonchev–Trinajstić information content (AvgIpc) is 3.09. The highest BCUT2D eigenvalue weighted by atomic mass is 32.6. The summed E-state index contributed by atoms with van der Waals surface area (Å²) in [4.78, 5) is 0. The van der Waals surface area contributed by atoms with Gasteiger partial charge < -0.3 is 0 Å². The van der Waals surface area contributed by atoms with E-state index in [0.717, 1.165) is 8.27 Å². The van der Waals surface area contributed by atoms with Crippen molar-refractivity contribution in [3.8, 4) is 11.1 Å². The maximum atomic E-state index is 2.52. The number of hydrogen-bond donors (Lipinski definition) is 0. The van der Waals surface area contributed by atoms with Gasteiger partial charge in [-0.1, -0.05) is 201 Å². The van der Waals surface area contributed by atoms with E-state index in [9.17, 15) is 0 Å². The summed E-state index contributed by atoms with van der Waals surface area (Å²) >= 11 is 0. The molecule has 44 heavy (non-hydrogen) atoms. The maximum Gasteiger partial charge on any atom is -0.0117 e. The van der Waals surface area contributed by atoms with Crippen LogP contribution in [0.15, 0.2) is 115 Å². The summed E-state index contributed by atoms with van der Waals surface area (Å²) in [5, 5.41) is 4.92. The molecule has 1 heterocycles. The molecular weight excluding hydrogens is 604 g/mol. The van der Waals surface area contributed by atoms with Gasteiger partial charge in [-0.15, -0.1) is 0 Å².